The fraction of sp³-hybridized carbons (Fsp3) is 0.500. The molecule has 234 valence electrons. The highest BCUT2D eigenvalue weighted by atomic mass is 16.5. The monoisotopic (exact) mass is 606 g/mol. The summed E-state index contributed by atoms with van der Waals surface area (Å²) in [5, 5.41) is 17.0. The summed E-state index contributed by atoms with van der Waals surface area (Å²) in [5.74, 6) is 2.07. The number of β-amino-alcohol motifs (C(OH)–C–C–N with tert-alkyl or cyclic N) is 1. The van der Waals surface area contributed by atoms with Gasteiger partial charge in [-0.25, -0.2) is 9.97 Å². The Morgan fingerprint density at radius 2 is 1.98 bits per heavy atom. The minimum absolute atomic E-state index is 0.0334. The molecule has 5 heterocycles. The van der Waals surface area contributed by atoms with Gasteiger partial charge in [-0.05, 0) is 29.7 Å². The number of anilines is 2. The van der Waals surface area contributed by atoms with E-state index in [0.29, 0.717) is 76.6 Å². The molecule has 1 aromatic carbocycles. The molecule has 0 radical (unpaired) electrons. The summed E-state index contributed by atoms with van der Waals surface area (Å²) < 4.78 is 16.5. The number of nitrogens with zero attached hydrogens (tertiary/aromatic N) is 6. The lowest BCUT2D eigenvalue weighted by Crippen LogP contribution is -2.56. The lowest BCUT2D eigenvalue weighted by Gasteiger charge is -2.39. The first kappa shape index (κ1) is 29.8. The zero-order valence-electron chi connectivity index (χ0n) is 24.8. The Labute approximate surface area is 255 Å². The predicted molar refractivity (Wildman–Crippen MR) is 159 cm³/mol. The molecule has 14 nitrogen and oxygen atoms in total. The molecule has 1 atom stereocenters. The summed E-state index contributed by atoms with van der Waals surface area (Å²) >= 11 is 0. The number of hydrogen-bond donors (Lipinski definition) is 3. The van der Waals surface area contributed by atoms with Gasteiger partial charge in [0.25, 0.3) is 5.91 Å². The molecule has 2 fully saturated rings. The van der Waals surface area contributed by atoms with E-state index in [9.17, 15) is 14.7 Å². The van der Waals surface area contributed by atoms with Gasteiger partial charge in [0.2, 0.25) is 11.9 Å². The molecule has 3 N–H and O–H groups in total. The average Bonchev–Trinajstić information content (AvgIpc) is 3.54. The van der Waals surface area contributed by atoms with E-state index in [0.717, 1.165) is 18.7 Å². The number of aliphatic hydroxyl groups excluding tert-OH is 1. The maximum absolute atomic E-state index is 13.2. The number of hydrogen-bond acceptors (Lipinski definition) is 12. The van der Waals surface area contributed by atoms with Crippen LogP contribution in [0.3, 0.4) is 0 Å². The second-order valence-corrected chi connectivity index (χ2v) is 11.3. The molecule has 0 saturated carbocycles. The molecule has 0 aliphatic carbocycles. The molecular formula is C30H38N8O6. The van der Waals surface area contributed by atoms with Crippen molar-refractivity contribution < 1.29 is 28.6 Å². The van der Waals surface area contributed by atoms with E-state index in [2.05, 4.69) is 42.6 Å². The fourth-order valence-corrected chi connectivity index (χ4v) is 5.53. The second-order valence-electron chi connectivity index (χ2n) is 11.3. The molecule has 0 spiro atoms. The van der Waals surface area contributed by atoms with E-state index in [1.165, 1.54) is 17.5 Å². The van der Waals surface area contributed by atoms with Gasteiger partial charge >= 0.3 is 0 Å². The number of aliphatic hydroxyl groups is 1. The molecule has 3 aliphatic heterocycles. The molecule has 6 rings (SSSR count). The van der Waals surface area contributed by atoms with Crippen molar-refractivity contribution in [2.45, 2.75) is 38.6 Å². The van der Waals surface area contributed by atoms with Crippen LogP contribution in [0, 0.1) is 0 Å². The smallest absolute Gasteiger partial charge is 0.270 e. The highest BCUT2D eigenvalue weighted by Gasteiger charge is 2.29. The highest BCUT2D eigenvalue weighted by Crippen LogP contribution is 2.25. The van der Waals surface area contributed by atoms with Gasteiger partial charge in [0.1, 0.15) is 23.9 Å². The Morgan fingerprint density at radius 1 is 1.14 bits per heavy atom. The molecule has 0 bridgehead atoms. The average molecular weight is 607 g/mol. The minimum Gasteiger partial charge on any atom is -0.486 e. The topological polar surface area (TPSA) is 158 Å². The Hall–Kier alpha value is -4.27. The lowest BCUT2D eigenvalue weighted by atomic mass is 9.99. The maximum Gasteiger partial charge on any atom is 0.270 e. The highest BCUT2D eigenvalue weighted by molar-refractivity contribution is 5.93. The van der Waals surface area contributed by atoms with Gasteiger partial charge < -0.3 is 39.4 Å². The first-order valence-electron chi connectivity index (χ1n) is 14.9. The van der Waals surface area contributed by atoms with Crippen molar-refractivity contribution in [2.24, 2.45) is 0 Å². The van der Waals surface area contributed by atoms with Crippen molar-refractivity contribution in [3.05, 3.63) is 59.4 Å². The molecular weight excluding hydrogens is 568 g/mol. The number of fused-ring (bicyclic) bond motifs is 1. The number of amides is 2. The molecule has 2 aromatic heterocycles. The van der Waals surface area contributed by atoms with Gasteiger partial charge in [0, 0.05) is 65.3 Å². The number of benzene rings is 1. The van der Waals surface area contributed by atoms with Gasteiger partial charge in [0.15, 0.2) is 12.2 Å². The number of aromatic nitrogens is 3. The van der Waals surface area contributed by atoms with Crippen LogP contribution in [0.15, 0.2) is 41.3 Å². The van der Waals surface area contributed by atoms with Crippen LogP contribution in [0.25, 0.3) is 0 Å². The number of oxazole rings is 1. The summed E-state index contributed by atoms with van der Waals surface area (Å²) in [6.45, 7) is 7.41. The minimum atomic E-state index is -0.754. The molecule has 3 aromatic rings. The van der Waals surface area contributed by atoms with Crippen LogP contribution in [-0.4, -0.2) is 113 Å². The maximum atomic E-state index is 13.2. The molecule has 3 aliphatic rings. The zero-order valence-corrected chi connectivity index (χ0v) is 24.8. The normalized spacial score (nSPS) is 17.9. The third-order valence-electron chi connectivity index (χ3n) is 8.02. The lowest BCUT2D eigenvalue weighted by molar-refractivity contribution is -0.132. The summed E-state index contributed by atoms with van der Waals surface area (Å²) in [5.41, 5.74) is 2.63. The van der Waals surface area contributed by atoms with Gasteiger partial charge in [-0.3, -0.25) is 14.5 Å². The zero-order chi connectivity index (χ0) is 30.5. The Kier molecular flexibility index (Phi) is 9.19. The van der Waals surface area contributed by atoms with Crippen molar-refractivity contribution in [2.75, 3.05) is 69.2 Å². The van der Waals surface area contributed by atoms with Crippen LogP contribution in [-0.2, 0) is 29.1 Å². The number of rotatable bonds is 11. The predicted octanol–water partition coefficient (Wildman–Crippen LogP) is 0.672. The summed E-state index contributed by atoms with van der Waals surface area (Å²) in [7, 11) is 0. The van der Waals surface area contributed by atoms with Crippen LogP contribution in [0.2, 0.25) is 0 Å². The molecule has 2 amide bonds. The first-order chi connectivity index (χ1) is 21.4. The van der Waals surface area contributed by atoms with E-state index < -0.39 is 6.10 Å². The number of carbonyl (C=O) groups is 2. The van der Waals surface area contributed by atoms with E-state index in [4.69, 9.17) is 13.9 Å². The van der Waals surface area contributed by atoms with E-state index >= 15 is 0 Å². The second kappa shape index (κ2) is 13.6. The van der Waals surface area contributed by atoms with E-state index in [1.807, 2.05) is 11.0 Å². The summed E-state index contributed by atoms with van der Waals surface area (Å²) in [6, 6.07) is 7.72. The molecule has 44 heavy (non-hydrogen) atoms. The summed E-state index contributed by atoms with van der Waals surface area (Å²) in [4.78, 5) is 43.8. The van der Waals surface area contributed by atoms with Gasteiger partial charge in [-0.1, -0.05) is 6.07 Å². The van der Waals surface area contributed by atoms with Crippen molar-refractivity contribution in [1.29, 1.82) is 0 Å². The number of morpholine rings is 1. The Balaban J connectivity index is 1.02. The van der Waals surface area contributed by atoms with Crippen LogP contribution < -0.4 is 20.3 Å². The Bertz CT molecular complexity index is 1440. The summed E-state index contributed by atoms with van der Waals surface area (Å²) in [6.07, 6.45) is 3.10. The van der Waals surface area contributed by atoms with Gasteiger partial charge in [0.05, 0.1) is 31.6 Å². The van der Waals surface area contributed by atoms with E-state index in [1.54, 1.807) is 24.1 Å². The third kappa shape index (κ3) is 7.44. The van der Waals surface area contributed by atoms with E-state index in [-0.39, 0.29) is 30.1 Å². The van der Waals surface area contributed by atoms with Crippen molar-refractivity contribution in [3.63, 3.8) is 0 Å². The standard InChI is InChI=1S/C30H38N8O6/c1-20(39)38-15-23(16-38)33-28-11-27(34-30(35-28)37-6-8-42-9-7-37)29(41)32-12-24(40)17-36-5-4-21-10-25(3-2-22(21)14-36)43-18-26-13-31-19-44-26/h2-3,10-11,13,19,23-24,40H,4-9,12,14-18H2,1H3,(H,32,41)(H,33,34,35)/t24-/m0/s1. The SMILES string of the molecule is CC(=O)N1CC(Nc2cc(C(=O)NC[C@H](O)CN3CCc4cc(OCc5cnco5)ccc4C3)nc(N3CCOCC3)n2)C1. The Morgan fingerprint density at radius 3 is 2.75 bits per heavy atom. The van der Waals surface area contributed by atoms with Crippen molar-refractivity contribution >= 4 is 23.6 Å². The number of carbonyl (C=O) groups excluding carboxylic acids is 2. The number of ether oxygens (including phenoxy) is 2. The molecule has 0 unspecified atom stereocenters. The van der Waals surface area contributed by atoms with Gasteiger partial charge in [-0.2, -0.15) is 4.98 Å². The van der Waals surface area contributed by atoms with Crippen LogP contribution in [0.5, 0.6) is 5.75 Å². The van der Waals surface area contributed by atoms with Crippen LogP contribution in [0.1, 0.15) is 34.3 Å². The van der Waals surface area contributed by atoms with Crippen molar-refractivity contribution in [1.82, 2.24) is 30.1 Å². The third-order valence-corrected chi connectivity index (χ3v) is 8.02. The quantitative estimate of drug-likeness (QED) is 0.281. The molecule has 2 saturated heterocycles. The van der Waals surface area contributed by atoms with Gasteiger partial charge in [-0.15, -0.1) is 0 Å². The molecule has 14 heteroatoms. The number of nitrogens with one attached hydrogen (secondary N) is 2. The van der Waals surface area contributed by atoms with Crippen molar-refractivity contribution in [3.8, 4) is 5.75 Å². The first-order valence-corrected chi connectivity index (χ1v) is 14.9. The van der Waals surface area contributed by atoms with Crippen LogP contribution >= 0.6 is 0 Å². The fourth-order valence-electron chi connectivity index (χ4n) is 5.53. The largest absolute Gasteiger partial charge is 0.486 e. The van der Waals surface area contributed by atoms with Crippen LogP contribution in [0.4, 0.5) is 11.8 Å². The number of likely N-dealkylation sites (tertiary alicyclic amines) is 1.